The molecule has 10 heteroatoms. The van der Waals surface area contributed by atoms with Crippen molar-refractivity contribution < 1.29 is 22.7 Å². The molecule has 1 aromatic carbocycles. The second-order valence-electron chi connectivity index (χ2n) is 7.77. The smallest absolute Gasteiger partial charge is 0.281 e. The Kier molecular flexibility index (Phi) is 7.85. The van der Waals surface area contributed by atoms with Crippen LogP contribution >= 0.6 is 0 Å². The van der Waals surface area contributed by atoms with Crippen LogP contribution in [0, 0.1) is 20.8 Å². The third-order valence-corrected chi connectivity index (χ3v) is 6.15. The lowest BCUT2D eigenvalue weighted by Crippen LogP contribution is -2.31. The van der Waals surface area contributed by atoms with E-state index >= 15 is 0 Å². The highest BCUT2D eigenvalue weighted by Crippen LogP contribution is 2.31. The van der Waals surface area contributed by atoms with Crippen LogP contribution in [0.2, 0.25) is 0 Å². The van der Waals surface area contributed by atoms with E-state index in [1.807, 2.05) is 44.5 Å². The lowest BCUT2D eigenvalue weighted by molar-refractivity contribution is 0.0978. The molecular weight excluding hydrogens is 456 g/mol. The Morgan fingerprint density at radius 1 is 1.06 bits per heavy atom. The number of nitrogens with zero attached hydrogens (tertiary/aromatic N) is 2. The molecular formula is C24H28N4O5S. The van der Waals surface area contributed by atoms with E-state index < -0.39 is 15.9 Å². The molecule has 3 N–H and O–H groups in total. The molecule has 34 heavy (non-hydrogen) atoms. The maximum Gasteiger partial charge on any atom is 0.281 e. The van der Waals surface area contributed by atoms with E-state index in [0.29, 0.717) is 31.1 Å². The van der Waals surface area contributed by atoms with Crippen LogP contribution < -0.4 is 15.2 Å². The molecule has 0 spiro atoms. The van der Waals surface area contributed by atoms with Crippen LogP contribution in [0.5, 0.6) is 11.6 Å². The fourth-order valence-electron chi connectivity index (χ4n) is 3.42. The number of hydrogen-bond acceptors (Lipinski definition) is 8. The number of nitrogen functional groups attached to an aromatic ring is 1. The Bertz CT molecular complexity index is 1290. The average molecular weight is 485 g/mol. The van der Waals surface area contributed by atoms with Gasteiger partial charge in [0.05, 0.1) is 6.61 Å². The number of aromatic nitrogens is 2. The molecule has 0 atom stereocenters. The molecule has 0 saturated heterocycles. The summed E-state index contributed by atoms with van der Waals surface area (Å²) in [5.41, 5.74) is 8.99. The van der Waals surface area contributed by atoms with Crippen molar-refractivity contribution in [2.45, 2.75) is 39.1 Å². The number of pyridine rings is 2. The number of ether oxygens (including phenoxy) is 2. The highest BCUT2D eigenvalue weighted by atomic mass is 32.2. The first kappa shape index (κ1) is 25.1. The summed E-state index contributed by atoms with van der Waals surface area (Å²) in [6.07, 6.45) is 0.503. The van der Waals surface area contributed by atoms with Gasteiger partial charge in [-0.15, -0.1) is 0 Å². The summed E-state index contributed by atoms with van der Waals surface area (Å²) in [5, 5.41) is -0.366. The zero-order chi connectivity index (χ0) is 24.9. The summed E-state index contributed by atoms with van der Waals surface area (Å²) < 4.78 is 38.9. The van der Waals surface area contributed by atoms with Gasteiger partial charge in [0.15, 0.2) is 5.03 Å². The van der Waals surface area contributed by atoms with Crippen molar-refractivity contribution >= 4 is 21.7 Å². The molecule has 0 bridgehead atoms. The maximum atomic E-state index is 13.0. The topological polar surface area (TPSA) is 134 Å². The number of carbonyl (C=O) groups is 1. The largest absolute Gasteiger partial charge is 0.438 e. The third kappa shape index (κ3) is 6.09. The Hall–Kier alpha value is -3.50. The monoisotopic (exact) mass is 484 g/mol. The minimum Gasteiger partial charge on any atom is -0.438 e. The van der Waals surface area contributed by atoms with Crippen LogP contribution in [-0.2, 0) is 21.2 Å². The predicted octanol–water partition coefficient (Wildman–Crippen LogP) is 3.47. The highest BCUT2D eigenvalue weighted by Gasteiger charge is 2.24. The number of amides is 1. The number of nitrogens with one attached hydrogen (secondary N) is 1. The van der Waals surface area contributed by atoms with Gasteiger partial charge in [-0.2, -0.15) is 8.42 Å². The van der Waals surface area contributed by atoms with E-state index in [2.05, 4.69) is 9.97 Å². The average Bonchev–Trinajstić information content (AvgIpc) is 2.76. The molecule has 3 aromatic rings. The van der Waals surface area contributed by atoms with Crippen molar-refractivity contribution in [3.05, 3.63) is 70.4 Å². The van der Waals surface area contributed by atoms with Crippen molar-refractivity contribution in [3.63, 3.8) is 0 Å². The van der Waals surface area contributed by atoms with Crippen molar-refractivity contribution in [3.8, 4) is 11.6 Å². The van der Waals surface area contributed by atoms with Gasteiger partial charge < -0.3 is 15.2 Å². The number of carbonyl (C=O) groups excluding carboxylic acids is 1. The number of benzene rings is 1. The van der Waals surface area contributed by atoms with Gasteiger partial charge in [-0.3, -0.25) is 4.79 Å². The van der Waals surface area contributed by atoms with Gasteiger partial charge in [0.1, 0.15) is 17.1 Å². The maximum absolute atomic E-state index is 13.0. The van der Waals surface area contributed by atoms with Crippen molar-refractivity contribution in [2.75, 3.05) is 18.9 Å². The Morgan fingerprint density at radius 2 is 1.76 bits per heavy atom. The van der Waals surface area contributed by atoms with E-state index in [9.17, 15) is 13.2 Å². The van der Waals surface area contributed by atoms with Crippen LogP contribution in [0.1, 0.15) is 39.7 Å². The molecule has 2 aromatic heterocycles. The first-order chi connectivity index (χ1) is 16.1. The predicted molar refractivity (Wildman–Crippen MR) is 128 cm³/mol. The number of nitrogens with two attached hydrogens (primary N) is 1. The van der Waals surface area contributed by atoms with Gasteiger partial charge in [0, 0.05) is 18.7 Å². The number of anilines is 1. The lowest BCUT2D eigenvalue weighted by Gasteiger charge is -2.16. The molecule has 0 aliphatic rings. The molecule has 9 nitrogen and oxygen atoms in total. The molecule has 180 valence electrons. The third-order valence-electron chi connectivity index (χ3n) is 4.92. The Labute approximate surface area is 199 Å². The van der Waals surface area contributed by atoms with Gasteiger partial charge in [0.2, 0.25) is 5.88 Å². The summed E-state index contributed by atoms with van der Waals surface area (Å²) in [6.45, 7) is 8.68. The van der Waals surface area contributed by atoms with E-state index in [-0.39, 0.29) is 22.3 Å². The molecule has 1 amide bonds. The molecule has 0 radical (unpaired) electrons. The summed E-state index contributed by atoms with van der Waals surface area (Å²) in [4.78, 5) is 21.3. The van der Waals surface area contributed by atoms with E-state index in [1.165, 1.54) is 24.3 Å². The van der Waals surface area contributed by atoms with Crippen LogP contribution in [0.3, 0.4) is 0 Å². The summed E-state index contributed by atoms with van der Waals surface area (Å²) >= 11 is 0. The van der Waals surface area contributed by atoms with Gasteiger partial charge in [-0.1, -0.05) is 23.8 Å². The normalized spacial score (nSPS) is 11.3. The minimum absolute atomic E-state index is 0.00251. The van der Waals surface area contributed by atoms with Crippen LogP contribution in [0.25, 0.3) is 0 Å². The van der Waals surface area contributed by atoms with Crippen LogP contribution in [0.15, 0.2) is 47.5 Å². The second kappa shape index (κ2) is 10.6. The second-order valence-corrected chi connectivity index (χ2v) is 9.40. The zero-order valence-corrected chi connectivity index (χ0v) is 20.4. The molecule has 0 saturated carbocycles. The van der Waals surface area contributed by atoms with Crippen molar-refractivity contribution in [1.82, 2.24) is 14.7 Å². The first-order valence-corrected chi connectivity index (χ1v) is 12.2. The molecule has 0 fully saturated rings. The fraction of sp³-hybridized carbons (Fsp3) is 0.292. The number of rotatable bonds is 9. The molecule has 3 rings (SSSR count). The summed E-state index contributed by atoms with van der Waals surface area (Å²) in [7, 11) is -4.26. The van der Waals surface area contributed by atoms with Crippen molar-refractivity contribution in [2.24, 2.45) is 0 Å². The van der Waals surface area contributed by atoms with Gasteiger partial charge in [-0.05, 0) is 63.1 Å². The van der Waals surface area contributed by atoms with Gasteiger partial charge in [-0.25, -0.2) is 14.7 Å². The van der Waals surface area contributed by atoms with E-state index in [4.69, 9.17) is 15.2 Å². The van der Waals surface area contributed by atoms with Crippen LogP contribution in [0.4, 0.5) is 5.82 Å². The number of sulfonamides is 1. The fourth-order valence-corrected chi connectivity index (χ4v) is 4.37. The summed E-state index contributed by atoms with van der Waals surface area (Å²) in [5.74, 6) is -0.331. The number of aryl methyl sites for hydroxylation is 3. The van der Waals surface area contributed by atoms with Gasteiger partial charge >= 0.3 is 0 Å². The molecule has 0 aliphatic carbocycles. The quantitative estimate of drug-likeness (QED) is 0.441. The number of hydrogen-bond donors (Lipinski definition) is 2. The SMILES string of the molecule is CCOCCc1ccc(C(=O)NS(=O)(=O)c2cccc(N)n2)c(Oc2c(C)cc(C)cc2C)n1. The Morgan fingerprint density at radius 3 is 2.41 bits per heavy atom. The first-order valence-electron chi connectivity index (χ1n) is 10.7. The minimum atomic E-state index is -4.26. The highest BCUT2D eigenvalue weighted by molar-refractivity contribution is 7.90. The molecule has 0 aliphatic heterocycles. The zero-order valence-electron chi connectivity index (χ0n) is 19.6. The van der Waals surface area contributed by atoms with E-state index in [0.717, 1.165) is 16.7 Å². The summed E-state index contributed by atoms with van der Waals surface area (Å²) in [6, 6.07) is 11.2. The van der Waals surface area contributed by atoms with Gasteiger partial charge in [0.25, 0.3) is 15.9 Å². The Balaban J connectivity index is 1.98. The molecule has 2 heterocycles. The van der Waals surface area contributed by atoms with E-state index in [1.54, 1.807) is 6.07 Å². The standard InChI is InChI=1S/C24H28N4O5S/c1-5-32-12-11-18-9-10-19(23(29)28-34(30,31)21-8-6-7-20(25)27-21)24(26-18)33-22-16(3)13-15(2)14-17(22)4/h6-10,13-14H,5,11-12H2,1-4H3,(H2,25,27)(H,28,29). The lowest BCUT2D eigenvalue weighted by atomic mass is 10.1. The molecule has 0 unspecified atom stereocenters. The van der Waals surface area contributed by atoms with Crippen LogP contribution in [-0.4, -0.2) is 37.5 Å². The van der Waals surface area contributed by atoms with Crippen molar-refractivity contribution in [1.29, 1.82) is 0 Å².